The topological polar surface area (TPSA) is 59.9 Å². The van der Waals surface area contributed by atoms with Crippen molar-refractivity contribution in [1.29, 1.82) is 0 Å². The predicted molar refractivity (Wildman–Crippen MR) is 181 cm³/mol. The van der Waals surface area contributed by atoms with Gasteiger partial charge in [-0.25, -0.2) is 4.98 Å². The van der Waals surface area contributed by atoms with Gasteiger partial charge in [-0.1, -0.05) is 115 Å². The van der Waals surface area contributed by atoms with Gasteiger partial charge in [0.25, 0.3) is 5.56 Å². The summed E-state index contributed by atoms with van der Waals surface area (Å²) in [5, 5.41) is 1.48. The Morgan fingerprint density at radius 2 is 1.38 bits per heavy atom. The number of fused-ring (bicyclic) bond motifs is 1. The second kappa shape index (κ2) is 11.9. The van der Waals surface area contributed by atoms with Gasteiger partial charge in [-0.15, -0.1) is 0 Å². The fourth-order valence-corrected chi connectivity index (χ4v) is 6.58. The Balaban J connectivity index is 1.49. The first-order chi connectivity index (χ1) is 22.1. The molecule has 220 valence electrons. The van der Waals surface area contributed by atoms with E-state index in [1.165, 1.54) is 0 Å². The van der Waals surface area contributed by atoms with E-state index in [1.54, 1.807) is 24.0 Å². The molecule has 0 aliphatic heterocycles. The number of nitrogens with zero attached hydrogens (tertiary/aromatic N) is 2. The lowest BCUT2D eigenvalue weighted by molar-refractivity contribution is 0.145. The average molecular weight is 608 g/mol. The van der Waals surface area contributed by atoms with Crippen LogP contribution >= 0.6 is 11.6 Å². The van der Waals surface area contributed by atoms with Crippen molar-refractivity contribution >= 4 is 22.5 Å². The summed E-state index contributed by atoms with van der Waals surface area (Å²) in [5.74, 6) is 0.643. The third-order valence-electron chi connectivity index (χ3n) is 8.48. The third kappa shape index (κ3) is 5.11. The highest BCUT2D eigenvalue weighted by molar-refractivity contribution is 6.30. The van der Waals surface area contributed by atoms with Crippen LogP contribution in [0.1, 0.15) is 28.5 Å². The van der Waals surface area contributed by atoms with Gasteiger partial charge in [-0.05, 0) is 58.1 Å². The zero-order valence-electron chi connectivity index (χ0n) is 24.6. The summed E-state index contributed by atoms with van der Waals surface area (Å²) >= 11 is 6.38. The van der Waals surface area contributed by atoms with Crippen LogP contribution in [0, 0.1) is 0 Å². The summed E-state index contributed by atoms with van der Waals surface area (Å²) in [6, 6.07) is 46.4. The number of aryl methyl sites for hydroxylation is 1. The van der Waals surface area contributed by atoms with Crippen LogP contribution in [0.4, 0.5) is 0 Å². The molecule has 0 saturated heterocycles. The summed E-state index contributed by atoms with van der Waals surface area (Å²) in [6.07, 6.45) is 3.00. The number of hydrogen-bond acceptors (Lipinski definition) is 3. The molecule has 1 atom stereocenters. The number of imidazole rings is 1. The second-order valence-corrected chi connectivity index (χ2v) is 11.5. The predicted octanol–water partition coefficient (Wildman–Crippen LogP) is 8.74. The molecule has 2 heterocycles. The minimum Gasteiger partial charge on any atom is -0.482 e. The van der Waals surface area contributed by atoms with Crippen LogP contribution in [0.2, 0.25) is 5.02 Å². The smallest absolute Gasteiger partial charge is 0.251 e. The van der Waals surface area contributed by atoms with Crippen molar-refractivity contribution in [2.24, 2.45) is 7.05 Å². The fraction of sp³-hybridized carbons (Fsp3) is 0.0769. The largest absolute Gasteiger partial charge is 0.482 e. The Kier molecular flexibility index (Phi) is 7.54. The zero-order valence-corrected chi connectivity index (χ0v) is 25.4. The number of ether oxygens (including phenoxy) is 1. The Bertz CT molecular complexity index is 2030. The lowest BCUT2D eigenvalue weighted by atomic mass is 9.65. The van der Waals surface area contributed by atoms with Crippen LogP contribution in [-0.2, 0) is 12.5 Å². The number of pyridine rings is 1. The first-order valence-corrected chi connectivity index (χ1v) is 15.1. The highest BCUT2D eigenvalue weighted by Crippen LogP contribution is 2.50. The van der Waals surface area contributed by atoms with Crippen molar-refractivity contribution in [3.63, 3.8) is 0 Å². The molecule has 45 heavy (non-hydrogen) atoms. The number of hydrogen-bond donors (Lipinski definition) is 1. The van der Waals surface area contributed by atoms with Crippen molar-refractivity contribution in [1.82, 2.24) is 14.5 Å². The van der Waals surface area contributed by atoms with Gasteiger partial charge >= 0.3 is 0 Å². The first-order valence-electron chi connectivity index (χ1n) is 14.8. The molecule has 0 fully saturated rings. The standard InChI is InChI=1S/C39H30ClN3O2/c1-43-36-21-20-32(23-34(36)33(24-37(43)44)27-12-11-19-31(40)22-27)45-38(35-25-41-26-42-35)39(28-13-5-2-6-14-28,29-15-7-3-8-16-29)30-17-9-4-10-18-30/h2-26,38H,1H3,(H,41,42). The SMILES string of the molecule is Cn1c(=O)cc(-c2cccc(Cl)c2)c2cc(OC(c3c[nH]cn3)C(c3ccccc3)(c3ccccc3)c3ccccc3)ccc21. The van der Waals surface area contributed by atoms with Crippen LogP contribution in [0.25, 0.3) is 22.0 Å². The molecule has 0 aliphatic carbocycles. The van der Waals surface area contributed by atoms with Gasteiger partial charge in [-0.3, -0.25) is 4.79 Å². The van der Waals surface area contributed by atoms with E-state index >= 15 is 0 Å². The number of nitrogens with one attached hydrogen (secondary N) is 1. The number of halogens is 1. The Labute approximate surface area is 266 Å². The maximum absolute atomic E-state index is 13.0. The van der Waals surface area contributed by atoms with Crippen molar-refractivity contribution in [3.05, 3.63) is 190 Å². The summed E-state index contributed by atoms with van der Waals surface area (Å²) in [6.45, 7) is 0. The van der Waals surface area contributed by atoms with Gasteiger partial charge in [0.05, 0.1) is 17.3 Å². The zero-order chi connectivity index (χ0) is 30.8. The molecule has 5 nitrogen and oxygen atoms in total. The molecule has 0 saturated carbocycles. The summed E-state index contributed by atoms with van der Waals surface area (Å²) in [5.41, 5.74) is 5.51. The molecular formula is C39H30ClN3O2. The number of H-pyrrole nitrogens is 1. The van der Waals surface area contributed by atoms with Crippen LogP contribution in [0.15, 0.2) is 157 Å². The van der Waals surface area contributed by atoms with Crippen LogP contribution in [0.5, 0.6) is 5.75 Å². The van der Waals surface area contributed by atoms with E-state index in [0.29, 0.717) is 10.8 Å². The van der Waals surface area contributed by atoms with E-state index in [1.807, 2.05) is 66.9 Å². The van der Waals surface area contributed by atoms with E-state index in [0.717, 1.165) is 44.4 Å². The van der Waals surface area contributed by atoms with Gasteiger partial charge < -0.3 is 14.3 Å². The molecule has 1 unspecified atom stereocenters. The molecule has 7 aromatic rings. The van der Waals surface area contributed by atoms with E-state index in [9.17, 15) is 4.79 Å². The number of benzene rings is 5. The monoisotopic (exact) mass is 607 g/mol. The van der Waals surface area contributed by atoms with Crippen molar-refractivity contribution in [2.45, 2.75) is 11.5 Å². The van der Waals surface area contributed by atoms with Crippen LogP contribution in [-0.4, -0.2) is 14.5 Å². The molecule has 0 amide bonds. The summed E-state index contributed by atoms with van der Waals surface area (Å²) < 4.78 is 8.84. The van der Waals surface area contributed by atoms with Crippen LogP contribution < -0.4 is 10.3 Å². The van der Waals surface area contributed by atoms with E-state index in [2.05, 4.69) is 77.8 Å². The highest BCUT2D eigenvalue weighted by atomic mass is 35.5. The summed E-state index contributed by atoms with van der Waals surface area (Å²) in [7, 11) is 1.78. The minimum absolute atomic E-state index is 0.100. The average Bonchev–Trinajstić information content (AvgIpc) is 3.63. The highest BCUT2D eigenvalue weighted by Gasteiger charge is 2.47. The third-order valence-corrected chi connectivity index (χ3v) is 8.71. The van der Waals surface area contributed by atoms with Gasteiger partial charge in [0.2, 0.25) is 0 Å². The quantitative estimate of drug-likeness (QED) is 0.176. The summed E-state index contributed by atoms with van der Waals surface area (Å²) in [4.78, 5) is 21.0. The lowest BCUT2D eigenvalue weighted by Gasteiger charge is -2.41. The second-order valence-electron chi connectivity index (χ2n) is 11.0. The van der Waals surface area contributed by atoms with E-state index in [4.69, 9.17) is 21.3 Å². The van der Waals surface area contributed by atoms with Gasteiger partial charge in [0.15, 0.2) is 6.10 Å². The van der Waals surface area contributed by atoms with Crippen molar-refractivity contribution in [3.8, 4) is 16.9 Å². The normalized spacial score (nSPS) is 12.2. The van der Waals surface area contributed by atoms with Gasteiger partial charge in [0, 0.05) is 29.7 Å². The minimum atomic E-state index is -0.784. The number of rotatable bonds is 8. The van der Waals surface area contributed by atoms with Gasteiger partial charge in [-0.2, -0.15) is 0 Å². The number of aromatic amines is 1. The Hall–Kier alpha value is -5.39. The van der Waals surface area contributed by atoms with E-state index < -0.39 is 11.5 Å². The Morgan fingerprint density at radius 1 is 0.756 bits per heavy atom. The van der Waals surface area contributed by atoms with Gasteiger partial charge in [0.1, 0.15) is 11.4 Å². The maximum atomic E-state index is 13.0. The van der Waals surface area contributed by atoms with Crippen molar-refractivity contribution < 1.29 is 4.74 Å². The molecule has 7 rings (SSSR count). The maximum Gasteiger partial charge on any atom is 0.251 e. The molecule has 0 bridgehead atoms. The molecule has 1 N–H and O–H groups in total. The molecule has 0 aliphatic rings. The first kappa shape index (κ1) is 28.4. The van der Waals surface area contributed by atoms with E-state index in [-0.39, 0.29) is 5.56 Å². The lowest BCUT2D eigenvalue weighted by Crippen LogP contribution is -2.39. The fourth-order valence-electron chi connectivity index (χ4n) is 6.39. The molecule has 5 aromatic carbocycles. The molecular weight excluding hydrogens is 578 g/mol. The molecule has 6 heteroatoms. The molecule has 0 radical (unpaired) electrons. The molecule has 2 aromatic heterocycles. The van der Waals surface area contributed by atoms with Crippen molar-refractivity contribution in [2.75, 3.05) is 0 Å². The number of aromatic nitrogens is 3. The Morgan fingerprint density at radius 3 is 1.93 bits per heavy atom. The van der Waals surface area contributed by atoms with Crippen LogP contribution in [0.3, 0.4) is 0 Å². The molecule has 0 spiro atoms.